The van der Waals surface area contributed by atoms with Crippen molar-refractivity contribution in [2.75, 3.05) is 13.2 Å². The zero-order valence-corrected chi connectivity index (χ0v) is 38.0. The summed E-state index contributed by atoms with van der Waals surface area (Å²) in [6.07, 6.45) is 65.6. The number of allylic oxidation sites excluding steroid dienone is 12. The second-order valence-corrected chi connectivity index (χ2v) is 16.2. The van der Waals surface area contributed by atoms with Crippen LogP contribution < -0.4 is 0 Å². The Labute approximate surface area is 359 Å². The molecule has 0 fully saturated rings. The Bertz CT molecular complexity index is 1050. The number of carbonyl (C=O) groups excluding carboxylic acids is 2. The zero-order chi connectivity index (χ0) is 42.1. The Kier molecular flexibility index (Phi) is 46.5. The molecule has 0 aliphatic heterocycles. The summed E-state index contributed by atoms with van der Waals surface area (Å²) >= 11 is 0. The highest BCUT2D eigenvalue weighted by Crippen LogP contribution is 2.15. The van der Waals surface area contributed by atoms with Crippen LogP contribution in [-0.2, 0) is 19.1 Å². The van der Waals surface area contributed by atoms with Crippen molar-refractivity contribution in [3.05, 3.63) is 72.9 Å². The average molecular weight is 809 g/mol. The van der Waals surface area contributed by atoms with Crippen LogP contribution >= 0.6 is 0 Å². The summed E-state index contributed by atoms with van der Waals surface area (Å²) in [6.45, 7) is 4.01. The summed E-state index contributed by atoms with van der Waals surface area (Å²) in [5, 5.41) is 9.61. The molecule has 0 aromatic carbocycles. The molecular formula is C53H92O5. The lowest BCUT2D eigenvalue weighted by molar-refractivity contribution is -0.161. The van der Waals surface area contributed by atoms with Crippen molar-refractivity contribution in [3.63, 3.8) is 0 Å². The van der Waals surface area contributed by atoms with E-state index in [-0.39, 0.29) is 25.2 Å². The first-order valence-electron chi connectivity index (χ1n) is 24.5. The molecule has 58 heavy (non-hydrogen) atoms. The van der Waals surface area contributed by atoms with Crippen molar-refractivity contribution in [3.8, 4) is 0 Å². The van der Waals surface area contributed by atoms with Crippen LogP contribution in [0.25, 0.3) is 0 Å². The van der Waals surface area contributed by atoms with Gasteiger partial charge in [0.15, 0.2) is 6.10 Å². The van der Waals surface area contributed by atoms with E-state index < -0.39 is 6.10 Å². The first-order chi connectivity index (χ1) is 28.6. The standard InChI is InChI=1S/C53H92O5/c1-3-5-7-9-11-13-15-17-19-21-23-24-25-26-27-28-30-31-33-35-37-39-41-43-45-47-52(55)57-50-51(49-54)58-53(56)48-46-44-42-40-38-36-34-32-29-22-20-18-16-14-12-10-8-6-4-2/h6,8,12,14-15,17-18,20-21,23,29,32,51,54H,3-5,7,9-11,13,16,19,22,24-28,30-31,33-50H2,1-2H3/b8-6-,14-12-,17-15-,20-18-,23-21-,32-29-. The highest BCUT2D eigenvalue weighted by molar-refractivity contribution is 5.70. The van der Waals surface area contributed by atoms with Crippen LogP contribution in [0.1, 0.15) is 232 Å². The van der Waals surface area contributed by atoms with Crippen molar-refractivity contribution in [1.29, 1.82) is 0 Å². The summed E-state index contributed by atoms with van der Waals surface area (Å²) in [5.41, 5.74) is 0. The fraction of sp³-hybridized carbons (Fsp3) is 0.736. The summed E-state index contributed by atoms with van der Waals surface area (Å²) in [5.74, 6) is -0.606. The van der Waals surface area contributed by atoms with Crippen molar-refractivity contribution in [2.24, 2.45) is 0 Å². The van der Waals surface area contributed by atoms with Gasteiger partial charge in [-0.1, -0.05) is 209 Å². The molecule has 5 heteroatoms. The fourth-order valence-corrected chi connectivity index (χ4v) is 6.81. The third kappa shape index (κ3) is 46.0. The molecule has 1 N–H and O–H groups in total. The van der Waals surface area contributed by atoms with E-state index in [1.54, 1.807) is 0 Å². The van der Waals surface area contributed by atoms with E-state index in [0.29, 0.717) is 12.8 Å². The van der Waals surface area contributed by atoms with Crippen LogP contribution in [0.15, 0.2) is 72.9 Å². The topological polar surface area (TPSA) is 72.8 Å². The SMILES string of the molecule is CC/C=C\C/C=C\C/C=C\C/C=C\CCCCCCCCC(=O)OC(CO)COC(=O)CCCCCCCCCCCCCCC/C=C\C/C=C\CCCCCCC. The van der Waals surface area contributed by atoms with Crippen LogP contribution in [0.5, 0.6) is 0 Å². The minimum atomic E-state index is -0.783. The summed E-state index contributed by atoms with van der Waals surface area (Å²) in [6, 6.07) is 0. The summed E-state index contributed by atoms with van der Waals surface area (Å²) < 4.78 is 10.7. The maximum absolute atomic E-state index is 12.2. The Morgan fingerprint density at radius 3 is 1.12 bits per heavy atom. The number of hydrogen-bond acceptors (Lipinski definition) is 5. The normalized spacial score (nSPS) is 12.8. The quantitative estimate of drug-likeness (QED) is 0.0377. The van der Waals surface area contributed by atoms with Gasteiger partial charge in [0.05, 0.1) is 6.61 Å². The predicted molar refractivity (Wildman–Crippen MR) is 251 cm³/mol. The van der Waals surface area contributed by atoms with Gasteiger partial charge in [-0.2, -0.15) is 0 Å². The van der Waals surface area contributed by atoms with Gasteiger partial charge in [0.2, 0.25) is 0 Å². The van der Waals surface area contributed by atoms with E-state index in [2.05, 4.69) is 86.8 Å². The number of aliphatic hydroxyl groups excluding tert-OH is 1. The van der Waals surface area contributed by atoms with Crippen molar-refractivity contribution in [2.45, 2.75) is 238 Å². The first kappa shape index (κ1) is 55.3. The fourth-order valence-electron chi connectivity index (χ4n) is 6.81. The Morgan fingerprint density at radius 2 is 0.741 bits per heavy atom. The van der Waals surface area contributed by atoms with Gasteiger partial charge in [-0.25, -0.2) is 0 Å². The van der Waals surface area contributed by atoms with Gasteiger partial charge in [-0.3, -0.25) is 9.59 Å². The molecule has 0 aromatic heterocycles. The molecule has 0 aromatic rings. The molecule has 0 rings (SSSR count). The van der Waals surface area contributed by atoms with E-state index in [4.69, 9.17) is 9.47 Å². The van der Waals surface area contributed by atoms with Crippen LogP contribution in [0.4, 0.5) is 0 Å². The number of aliphatic hydroxyl groups is 1. The number of unbranched alkanes of at least 4 members (excludes halogenated alkanes) is 24. The lowest BCUT2D eigenvalue weighted by Gasteiger charge is -2.15. The van der Waals surface area contributed by atoms with Gasteiger partial charge in [0.1, 0.15) is 6.61 Å². The minimum Gasteiger partial charge on any atom is -0.462 e. The monoisotopic (exact) mass is 809 g/mol. The van der Waals surface area contributed by atoms with Gasteiger partial charge in [-0.05, 0) is 83.5 Å². The van der Waals surface area contributed by atoms with Crippen LogP contribution in [0, 0.1) is 0 Å². The molecule has 1 unspecified atom stereocenters. The molecule has 0 bridgehead atoms. The number of rotatable bonds is 44. The molecule has 0 spiro atoms. The molecule has 0 saturated carbocycles. The van der Waals surface area contributed by atoms with Crippen molar-refractivity contribution in [1.82, 2.24) is 0 Å². The van der Waals surface area contributed by atoms with E-state index in [1.807, 2.05) is 0 Å². The zero-order valence-electron chi connectivity index (χ0n) is 38.0. The van der Waals surface area contributed by atoms with E-state index in [1.165, 1.54) is 128 Å². The number of carbonyl (C=O) groups is 2. The average Bonchev–Trinajstić information content (AvgIpc) is 3.23. The van der Waals surface area contributed by atoms with E-state index in [9.17, 15) is 14.7 Å². The van der Waals surface area contributed by atoms with Gasteiger partial charge in [0.25, 0.3) is 0 Å². The Hall–Kier alpha value is -2.66. The largest absolute Gasteiger partial charge is 0.462 e. The molecule has 0 heterocycles. The van der Waals surface area contributed by atoms with Crippen LogP contribution in [0.3, 0.4) is 0 Å². The van der Waals surface area contributed by atoms with Crippen molar-refractivity contribution >= 4 is 11.9 Å². The van der Waals surface area contributed by atoms with E-state index >= 15 is 0 Å². The highest BCUT2D eigenvalue weighted by atomic mass is 16.6. The highest BCUT2D eigenvalue weighted by Gasteiger charge is 2.16. The summed E-state index contributed by atoms with van der Waals surface area (Å²) in [7, 11) is 0. The molecule has 0 saturated heterocycles. The maximum atomic E-state index is 12.2. The van der Waals surface area contributed by atoms with E-state index in [0.717, 1.165) is 77.0 Å². The maximum Gasteiger partial charge on any atom is 0.306 e. The lowest BCUT2D eigenvalue weighted by atomic mass is 10.0. The number of esters is 2. The van der Waals surface area contributed by atoms with Gasteiger partial charge in [0, 0.05) is 12.8 Å². The summed E-state index contributed by atoms with van der Waals surface area (Å²) in [4.78, 5) is 24.4. The Balaban J connectivity index is 3.53. The second-order valence-electron chi connectivity index (χ2n) is 16.2. The third-order valence-electron chi connectivity index (χ3n) is 10.5. The third-order valence-corrected chi connectivity index (χ3v) is 10.5. The molecule has 0 radical (unpaired) electrons. The minimum absolute atomic E-state index is 0.0743. The predicted octanol–water partition coefficient (Wildman–Crippen LogP) is 16.1. The Morgan fingerprint density at radius 1 is 0.414 bits per heavy atom. The van der Waals surface area contributed by atoms with Gasteiger partial charge >= 0.3 is 11.9 Å². The molecular weight excluding hydrogens is 717 g/mol. The second kappa shape index (κ2) is 48.7. The lowest BCUT2D eigenvalue weighted by Crippen LogP contribution is -2.28. The number of ether oxygens (including phenoxy) is 2. The molecule has 0 aliphatic carbocycles. The van der Waals surface area contributed by atoms with Gasteiger partial charge in [-0.15, -0.1) is 0 Å². The van der Waals surface area contributed by atoms with Crippen LogP contribution in [0.2, 0.25) is 0 Å². The molecule has 334 valence electrons. The smallest absolute Gasteiger partial charge is 0.306 e. The van der Waals surface area contributed by atoms with Gasteiger partial charge < -0.3 is 14.6 Å². The van der Waals surface area contributed by atoms with Crippen LogP contribution in [-0.4, -0.2) is 36.4 Å². The molecule has 0 aliphatic rings. The molecule has 0 amide bonds. The van der Waals surface area contributed by atoms with Crippen molar-refractivity contribution < 1.29 is 24.2 Å². The number of hydrogen-bond donors (Lipinski definition) is 1. The molecule has 5 nitrogen and oxygen atoms in total. The molecule has 1 atom stereocenters. The first-order valence-corrected chi connectivity index (χ1v) is 24.5.